The van der Waals surface area contributed by atoms with E-state index in [2.05, 4.69) is 20.2 Å². The SMILES string of the molecule is C1=NC(N2CCNCC2)N=CC1. The van der Waals surface area contributed by atoms with E-state index in [1.807, 2.05) is 12.4 Å². The third-order valence-electron chi connectivity index (χ3n) is 2.17. The van der Waals surface area contributed by atoms with Gasteiger partial charge in [-0.2, -0.15) is 0 Å². The van der Waals surface area contributed by atoms with Crippen molar-refractivity contribution >= 4 is 12.4 Å². The summed E-state index contributed by atoms with van der Waals surface area (Å²) < 4.78 is 0. The Labute approximate surface area is 72.4 Å². The molecule has 0 atom stereocenters. The maximum atomic E-state index is 4.33. The van der Waals surface area contributed by atoms with Crippen LogP contribution in [0.25, 0.3) is 0 Å². The van der Waals surface area contributed by atoms with Crippen molar-refractivity contribution in [3.63, 3.8) is 0 Å². The first-order chi connectivity index (χ1) is 5.97. The molecule has 0 amide bonds. The molecule has 4 heteroatoms. The zero-order chi connectivity index (χ0) is 8.23. The van der Waals surface area contributed by atoms with Crippen molar-refractivity contribution in [1.82, 2.24) is 10.2 Å². The molecule has 2 rings (SSSR count). The minimum atomic E-state index is 0.0702. The van der Waals surface area contributed by atoms with Crippen LogP contribution in [0.1, 0.15) is 6.42 Å². The van der Waals surface area contributed by atoms with Crippen molar-refractivity contribution in [2.75, 3.05) is 26.2 Å². The topological polar surface area (TPSA) is 40.0 Å². The van der Waals surface area contributed by atoms with Crippen molar-refractivity contribution in [3.8, 4) is 0 Å². The van der Waals surface area contributed by atoms with E-state index in [-0.39, 0.29) is 6.29 Å². The molecule has 0 radical (unpaired) electrons. The molecule has 0 saturated carbocycles. The lowest BCUT2D eigenvalue weighted by Gasteiger charge is -2.30. The molecular weight excluding hydrogens is 152 g/mol. The standard InChI is InChI=1S/C8H14N4/c1-2-10-8(11-3-1)12-6-4-9-5-7-12/h2-3,8-9H,1,4-7H2. The Morgan fingerprint density at radius 1 is 1.17 bits per heavy atom. The lowest BCUT2D eigenvalue weighted by molar-refractivity contribution is 0.183. The molecule has 0 aromatic heterocycles. The predicted molar refractivity (Wildman–Crippen MR) is 49.8 cm³/mol. The first kappa shape index (κ1) is 7.89. The summed E-state index contributed by atoms with van der Waals surface area (Å²) in [4.78, 5) is 11.0. The number of hydrogen-bond acceptors (Lipinski definition) is 4. The van der Waals surface area contributed by atoms with Crippen LogP contribution < -0.4 is 5.32 Å². The molecule has 1 fully saturated rings. The van der Waals surface area contributed by atoms with E-state index < -0.39 is 0 Å². The molecule has 0 aliphatic carbocycles. The van der Waals surface area contributed by atoms with Gasteiger partial charge in [-0.15, -0.1) is 0 Å². The molecule has 0 unspecified atom stereocenters. The normalized spacial score (nSPS) is 26.3. The van der Waals surface area contributed by atoms with Crippen LogP contribution in [0.5, 0.6) is 0 Å². The number of nitrogens with one attached hydrogen (secondary N) is 1. The molecule has 1 saturated heterocycles. The van der Waals surface area contributed by atoms with Crippen LogP contribution in [0.4, 0.5) is 0 Å². The highest BCUT2D eigenvalue weighted by molar-refractivity contribution is 5.80. The first-order valence-electron chi connectivity index (χ1n) is 4.45. The number of rotatable bonds is 1. The second-order valence-corrected chi connectivity index (χ2v) is 3.03. The van der Waals surface area contributed by atoms with E-state index in [0.717, 1.165) is 32.6 Å². The van der Waals surface area contributed by atoms with E-state index in [0.29, 0.717) is 0 Å². The van der Waals surface area contributed by atoms with Crippen molar-refractivity contribution in [1.29, 1.82) is 0 Å². The smallest absolute Gasteiger partial charge is 0.195 e. The third-order valence-corrected chi connectivity index (χ3v) is 2.17. The molecule has 0 spiro atoms. The van der Waals surface area contributed by atoms with Gasteiger partial charge in [0, 0.05) is 45.0 Å². The van der Waals surface area contributed by atoms with Crippen molar-refractivity contribution in [2.45, 2.75) is 12.7 Å². The molecule has 1 N–H and O–H groups in total. The Bertz CT molecular complexity index is 181. The van der Waals surface area contributed by atoms with Crippen molar-refractivity contribution < 1.29 is 0 Å². The highest BCUT2D eigenvalue weighted by Crippen LogP contribution is 2.06. The van der Waals surface area contributed by atoms with Gasteiger partial charge in [-0.25, -0.2) is 0 Å². The van der Waals surface area contributed by atoms with Gasteiger partial charge in [0.2, 0.25) is 0 Å². The molecule has 0 bridgehead atoms. The van der Waals surface area contributed by atoms with Gasteiger partial charge in [-0.1, -0.05) is 0 Å². The van der Waals surface area contributed by atoms with Crippen LogP contribution in [0.15, 0.2) is 9.98 Å². The second kappa shape index (κ2) is 3.78. The quantitative estimate of drug-likeness (QED) is 0.582. The van der Waals surface area contributed by atoms with E-state index >= 15 is 0 Å². The first-order valence-corrected chi connectivity index (χ1v) is 4.45. The summed E-state index contributed by atoms with van der Waals surface area (Å²) in [7, 11) is 0. The lowest BCUT2D eigenvalue weighted by Crippen LogP contribution is -2.47. The van der Waals surface area contributed by atoms with Crippen LogP contribution in [0.3, 0.4) is 0 Å². The minimum Gasteiger partial charge on any atom is -0.314 e. The summed E-state index contributed by atoms with van der Waals surface area (Å²) in [6, 6.07) is 0. The van der Waals surface area contributed by atoms with Gasteiger partial charge in [0.15, 0.2) is 6.29 Å². The highest BCUT2D eigenvalue weighted by atomic mass is 15.4. The van der Waals surface area contributed by atoms with Gasteiger partial charge in [-0.05, 0) is 0 Å². The van der Waals surface area contributed by atoms with E-state index in [9.17, 15) is 0 Å². The molecular formula is C8H14N4. The lowest BCUT2D eigenvalue weighted by atomic mass is 10.3. The van der Waals surface area contributed by atoms with Crippen LogP contribution in [-0.2, 0) is 0 Å². The summed E-state index contributed by atoms with van der Waals surface area (Å²) in [5, 5.41) is 3.31. The average molecular weight is 166 g/mol. The van der Waals surface area contributed by atoms with E-state index in [4.69, 9.17) is 0 Å². The number of aliphatic imine (C=N–C) groups is 2. The fourth-order valence-electron chi connectivity index (χ4n) is 1.50. The molecule has 66 valence electrons. The molecule has 0 aromatic rings. The molecule has 2 aliphatic rings. The van der Waals surface area contributed by atoms with Gasteiger partial charge in [-0.3, -0.25) is 14.9 Å². The van der Waals surface area contributed by atoms with E-state index in [1.165, 1.54) is 0 Å². The Balaban J connectivity index is 1.93. The van der Waals surface area contributed by atoms with Crippen LogP contribution >= 0.6 is 0 Å². The van der Waals surface area contributed by atoms with Gasteiger partial charge in [0.1, 0.15) is 0 Å². The summed E-state index contributed by atoms with van der Waals surface area (Å²) in [5.41, 5.74) is 0. The summed E-state index contributed by atoms with van der Waals surface area (Å²) >= 11 is 0. The van der Waals surface area contributed by atoms with Gasteiger partial charge < -0.3 is 5.32 Å². The minimum absolute atomic E-state index is 0.0702. The fraction of sp³-hybridized carbons (Fsp3) is 0.750. The Morgan fingerprint density at radius 2 is 1.83 bits per heavy atom. The maximum Gasteiger partial charge on any atom is 0.195 e. The number of hydrogen-bond donors (Lipinski definition) is 1. The highest BCUT2D eigenvalue weighted by Gasteiger charge is 2.18. The van der Waals surface area contributed by atoms with Crippen molar-refractivity contribution in [3.05, 3.63) is 0 Å². The Morgan fingerprint density at radius 3 is 2.50 bits per heavy atom. The van der Waals surface area contributed by atoms with Gasteiger partial charge >= 0.3 is 0 Å². The van der Waals surface area contributed by atoms with Gasteiger partial charge in [0.05, 0.1) is 0 Å². The third kappa shape index (κ3) is 1.70. The van der Waals surface area contributed by atoms with Crippen LogP contribution in [-0.4, -0.2) is 49.8 Å². The molecule has 12 heavy (non-hydrogen) atoms. The largest absolute Gasteiger partial charge is 0.314 e. The fourth-order valence-corrected chi connectivity index (χ4v) is 1.50. The Kier molecular flexibility index (Phi) is 2.48. The summed E-state index contributed by atoms with van der Waals surface area (Å²) in [5.74, 6) is 0. The average Bonchev–Trinajstić information content (AvgIpc) is 2.21. The predicted octanol–water partition coefficient (Wildman–Crippen LogP) is -0.279. The maximum absolute atomic E-state index is 4.33. The van der Waals surface area contributed by atoms with Crippen LogP contribution in [0.2, 0.25) is 0 Å². The Hall–Kier alpha value is -0.740. The number of piperazine rings is 1. The molecule has 2 aliphatic heterocycles. The monoisotopic (exact) mass is 166 g/mol. The molecule has 4 nitrogen and oxygen atoms in total. The van der Waals surface area contributed by atoms with Gasteiger partial charge in [0.25, 0.3) is 0 Å². The number of nitrogens with zero attached hydrogens (tertiary/aromatic N) is 3. The van der Waals surface area contributed by atoms with Crippen molar-refractivity contribution in [2.24, 2.45) is 9.98 Å². The molecule has 2 heterocycles. The molecule has 0 aromatic carbocycles. The summed E-state index contributed by atoms with van der Waals surface area (Å²) in [6.07, 6.45) is 4.85. The zero-order valence-electron chi connectivity index (χ0n) is 7.11. The van der Waals surface area contributed by atoms with Crippen LogP contribution in [0, 0.1) is 0 Å². The second-order valence-electron chi connectivity index (χ2n) is 3.03. The zero-order valence-corrected chi connectivity index (χ0v) is 7.11. The van der Waals surface area contributed by atoms with E-state index in [1.54, 1.807) is 0 Å². The summed E-state index contributed by atoms with van der Waals surface area (Å²) in [6.45, 7) is 4.22.